The molecule has 2 aliphatic heterocycles. The van der Waals surface area contributed by atoms with Crippen molar-refractivity contribution in [3.8, 4) is 17.2 Å². The summed E-state index contributed by atoms with van der Waals surface area (Å²) in [4.78, 5) is 1.66. The molecule has 1 saturated heterocycles. The maximum atomic E-state index is 13.6. The van der Waals surface area contributed by atoms with Crippen LogP contribution in [0.1, 0.15) is 28.9 Å². The normalized spacial score (nSPS) is 24.5. The highest BCUT2D eigenvalue weighted by atomic mass is 19.1. The first-order chi connectivity index (χ1) is 16.7. The van der Waals surface area contributed by atoms with Crippen molar-refractivity contribution in [2.24, 2.45) is 5.92 Å². The fourth-order valence-corrected chi connectivity index (χ4v) is 3.99. The molecule has 0 aromatic heterocycles. The molecule has 5 heteroatoms. The minimum atomic E-state index is -2.15. The lowest BCUT2D eigenvalue weighted by Gasteiger charge is -2.39. The van der Waals surface area contributed by atoms with Crippen LogP contribution < -0.4 is 14.2 Å². The molecule has 4 nitrogen and oxygen atoms in total. The summed E-state index contributed by atoms with van der Waals surface area (Å²) >= 11 is 0. The maximum Gasteiger partial charge on any atom is 0.231 e. The number of nitrogens with zero attached hydrogens (tertiary/aromatic N) is 1. The molecule has 1 fully saturated rings. The van der Waals surface area contributed by atoms with Gasteiger partial charge in [-0.2, -0.15) is 0 Å². The molecule has 0 N–H and O–H groups in total. The lowest BCUT2D eigenvalue weighted by Crippen LogP contribution is -2.41. The van der Waals surface area contributed by atoms with Crippen LogP contribution in [-0.2, 0) is 6.54 Å². The van der Waals surface area contributed by atoms with Gasteiger partial charge in [-0.05, 0) is 54.2 Å². The molecule has 0 spiro atoms. The average Bonchev–Trinajstić information content (AvgIpc) is 3.29. The van der Waals surface area contributed by atoms with E-state index in [1.807, 2.05) is 30.3 Å². The van der Waals surface area contributed by atoms with E-state index < -0.39 is 30.7 Å². The molecule has 5 rings (SSSR count). The van der Waals surface area contributed by atoms with Crippen molar-refractivity contribution in [1.82, 2.24) is 4.90 Å². The van der Waals surface area contributed by atoms with Gasteiger partial charge in [0.05, 0.1) is 9.30 Å². The van der Waals surface area contributed by atoms with Crippen LogP contribution in [0.15, 0.2) is 72.8 Å². The van der Waals surface area contributed by atoms with Crippen molar-refractivity contribution in [3.63, 3.8) is 0 Å². The molecule has 31 heavy (non-hydrogen) atoms. The second-order valence-corrected chi connectivity index (χ2v) is 7.73. The molecule has 0 radical (unpaired) electrons. The number of ether oxygens (including phenoxy) is 3. The lowest BCUT2D eigenvalue weighted by atomic mass is 9.80. The Kier molecular flexibility index (Phi) is 4.55. The van der Waals surface area contributed by atoms with Crippen LogP contribution in [0.25, 0.3) is 0 Å². The summed E-state index contributed by atoms with van der Waals surface area (Å²) in [5, 5.41) is 0. The second kappa shape index (κ2) is 8.98. The van der Waals surface area contributed by atoms with Crippen LogP contribution in [0.3, 0.4) is 0 Å². The van der Waals surface area contributed by atoms with Gasteiger partial charge >= 0.3 is 0 Å². The molecule has 0 amide bonds. The third kappa shape index (κ3) is 4.67. The molecular weight excluding hydrogens is 393 g/mol. The molecule has 2 aliphatic rings. The molecule has 0 aliphatic carbocycles. The Hall–Kier alpha value is -3.05. The zero-order valence-electron chi connectivity index (χ0n) is 21.0. The topological polar surface area (TPSA) is 30.9 Å². The summed E-state index contributed by atoms with van der Waals surface area (Å²) in [6, 6.07) is 20.3. The standard InChI is InChI=1S/C26H26FNO3/c27-22-8-6-20(7-9-22)24-12-13-28(15-19-4-2-1-3-5-19)16-21(24)17-29-23-10-11-25-26(14-23)31-18-30-25/h1-11,14,21,24H,12-13,15-18H2/t21-,24-/m0/s1/i13D2,17D2. The van der Waals surface area contributed by atoms with E-state index >= 15 is 0 Å². The Morgan fingerprint density at radius 2 is 1.84 bits per heavy atom. The zero-order chi connectivity index (χ0) is 24.6. The second-order valence-electron chi connectivity index (χ2n) is 7.73. The summed E-state index contributed by atoms with van der Waals surface area (Å²) in [6.07, 6.45) is 0.0418. The maximum absolute atomic E-state index is 13.6. The van der Waals surface area contributed by atoms with Gasteiger partial charge in [-0.15, -0.1) is 0 Å². The molecule has 2 heterocycles. The fourth-order valence-electron chi connectivity index (χ4n) is 3.99. The first-order valence-corrected chi connectivity index (χ1v) is 10.3. The highest BCUT2D eigenvalue weighted by Gasteiger charge is 2.31. The number of benzene rings is 3. The van der Waals surface area contributed by atoms with Crippen molar-refractivity contribution in [2.45, 2.75) is 18.9 Å². The number of halogens is 1. The fraction of sp³-hybridized carbons (Fsp3) is 0.308. The van der Waals surface area contributed by atoms with Crippen molar-refractivity contribution >= 4 is 0 Å². The molecule has 160 valence electrons. The summed E-state index contributed by atoms with van der Waals surface area (Å²) in [7, 11) is 0. The van der Waals surface area contributed by atoms with E-state index in [0.717, 1.165) is 5.56 Å². The predicted octanol–water partition coefficient (Wildman–Crippen LogP) is 5.24. The van der Waals surface area contributed by atoms with Crippen molar-refractivity contribution in [2.75, 3.05) is 26.4 Å². The number of rotatable bonds is 6. The Bertz CT molecular complexity index is 1180. The highest BCUT2D eigenvalue weighted by molar-refractivity contribution is 5.46. The first-order valence-electron chi connectivity index (χ1n) is 12.3. The predicted molar refractivity (Wildman–Crippen MR) is 117 cm³/mol. The van der Waals surface area contributed by atoms with E-state index in [1.54, 1.807) is 35.2 Å². The largest absolute Gasteiger partial charge is 0.493 e. The van der Waals surface area contributed by atoms with Crippen molar-refractivity contribution < 1.29 is 24.1 Å². The van der Waals surface area contributed by atoms with E-state index in [9.17, 15) is 4.39 Å². The van der Waals surface area contributed by atoms with E-state index in [2.05, 4.69) is 0 Å². The minimum absolute atomic E-state index is 0.0418. The monoisotopic (exact) mass is 423 g/mol. The Balaban J connectivity index is 1.47. The van der Waals surface area contributed by atoms with Gasteiger partial charge in [-0.3, -0.25) is 4.90 Å². The summed E-state index contributed by atoms with van der Waals surface area (Å²) in [6.45, 7) is -3.30. The Morgan fingerprint density at radius 3 is 2.68 bits per heavy atom. The van der Waals surface area contributed by atoms with Crippen molar-refractivity contribution in [1.29, 1.82) is 0 Å². The van der Waals surface area contributed by atoms with E-state index in [4.69, 9.17) is 19.7 Å². The molecule has 3 aromatic rings. The zero-order valence-corrected chi connectivity index (χ0v) is 17.0. The van der Waals surface area contributed by atoms with Crippen LogP contribution >= 0.6 is 0 Å². The van der Waals surface area contributed by atoms with Crippen LogP contribution in [0.4, 0.5) is 4.39 Å². The van der Waals surface area contributed by atoms with Crippen LogP contribution in [0.2, 0.25) is 0 Å². The quantitative estimate of drug-likeness (QED) is 0.543. The van der Waals surface area contributed by atoms with Gasteiger partial charge in [0.2, 0.25) is 6.79 Å². The van der Waals surface area contributed by atoms with Gasteiger partial charge in [0.1, 0.15) is 11.6 Å². The van der Waals surface area contributed by atoms with Gasteiger partial charge in [0.25, 0.3) is 0 Å². The van der Waals surface area contributed by atoms with E-state index in [1.165, 1.54) is 12.1 Å². The van der Waals surface area contributed by atoms with Crippen LogP contribution in [0.5, 0.6) is 17.2 Å². The molecular formula is C26H26FNO3. The molecule has 0 bridgehead atoms. The minimum Gasteiger partial charge on any atom is -0.493 e. The average molecular weight is 424 g/mol. The highest BCUT2D eigenvalue weighted by Crippen LogP contribution is 2.37. The van der Waals surface area contributed by atoms with Gasteiger partial charge in [0.15, 0.2) is 11.5 Å². The van der Waals surface area contributed by atoms with E-state index in [0.29, 0.717) is 29.4 Å². The van der Waals surface area contributed by atoms with Gasteiger partial charge in [-0.25, -0.2) is 4.39 Å². The number of fused-ring (bicyclic) bond motifs is 1. The van der Waals surface area contributed by atoms with Crippen LogP contribution in [0, 0.1) is 11.7 Å². The third-order valence-electron chi connectivity index (χ3n) is 5.62. The summed E-state index contributed by atoms with van der Waals surface area (Å²) < 4.78 is 65.6. The number of piperidine rings is 1. The van der Waals surface area contributed by atoms with E-state index in [-0.39, 0.29) is 19.8 Å². The SMILES string of the molecule is [2H]C([2H])(Oc1ccc2c(c1)OCO2)[C@@H]1CN(Cc2ccccc2)C([2H])([2H])C[C@H]1c1ccc(F)cc1. The first kappa shape index (κ1) is 15.7. The number of likely N-dealkylation sites (tertiary alicyclic amines) is 1. The molecule has 0 saturated carbocycles. The lowest BCUT2D eigenvalue weighted by molar-refractivity contribution is 0.106. The summed E-state index contributed by atoms with van der Waals surface area (Å²) in [5.41, 5.74) is 1.62. The number of hydrogen-bond acceptors (Lipinski definition) is 4. The van der Waals surface area contributed by atoms with Gasteiger partial charge in [-0.1, -0.05) is 42.5 Å². The van der Waals surface area contributed by atoms with Crippen molar-refractivity contribution in [3.05, 3.63) is 89.7 Å². The van der Waals surface area contributed by atoms with Gasteiger partial charge < -0.3 is 14.2 Å². The van der Waals surface area contributed by atoms with Crippen LogP contribution in [-0.4, -0.2) is 31.3 Å². The molecule has 3 aromatic carbocycles. The summed E-state index contributed by atoms with van der Waals surface area (Å²) in [5.74, 6) is -0.302. The smallest absolute Gasteiger partial charge is 0.231 e. The Labute approximate surface area is 187 Å². The molecule has 2 atom stereocenters. The van der Waals surface area contributed by atoms with Gasteiger partial charge in [0, 0.05) is 27.8 Å². The molecule has 0 unspecified atom stereocenters. The number of hydrogen-bond donors (Lipinski definition) is 0. The Morgan fingerprint density at radius 1 is 1.03 bits per heavy atom. The third-order valence-corrected chi connectivity index (χ3v) is 5.62.